The van der Waals surface area contributed by atoms with Gasteiger partial charge in [0.25, 0.3) is 0 Å². The molecule has 28 rings (SSSR count). The third-order valence-corrected chi connectivity index (χ3v) is 27.8. The first-order valence-electron chi connectivity index (χ1n) is 46.5. The van der Waals surface area contributed by atoms with Crippen LogP contribution in [0.25, 0.3) is 248 Å². The molecule has 9 nitrogen and oxygen atoms in total. The van der Waals surface area contributed by atoms with Crippen LogP contribution in [0.2, 0.25) is 0 Å². The summed E-state index contributed by atoms with van der Waals surface area (Å²) in [6.07, 6.45) is 0. The fourth-order valence-corrected chi connectivity index (χ4v) is 21.5. The highest BCUT2D eigenvalue weighted by molar-refractivity contribution is 6.32. The summed E-state index contributed by atoms with van der Waals surface area (Å²) in [5, 5.41) is 20.2. The van der Waals surface area contributed by atoms with E-state index in [-0.39, 0.29) is 5.41 Å². The molecule has 1 aliphatic carbocycles. The largest absolute Gasteiger partial charge is 0.309 e. The van der Waals surface area contributed by atoms with Crippen molar-refractivity contribution in [1.29, 1.82) is 0 Å². The molecule has 9 heteroatoms. The Bertz CT molecular complexity index is 9490. The summed E-state index contributed by atoms with van der Waals surface area (Å²) < 4.78 is 7.01. The summed E-state index contributed by atoms with van der Waals surface area (Å²) in [4.78, 5) is 31.6. The van der Waals surface area contributed by atoms with Crippen LogP contribution in [0.15, 0.2) is 467 Å². The third kappa shape index (κ3) is 13.1. The second-order valence-electron chi connectivity index (χ2n) is 35.8. The molecule has 6 heterocycles. The Morgan fingerprint density at radius 3 is 1.20 bits per heavy atom. The molecule has 0 radical (unpaired) electrons. The molecule has 1 aliphatic rings. The normalized spacial score (nSPS) is 12.2. The number of hydrogen-bond acceptors (Lipinski definition) is 6. The maximum absolute atomic E-state index is 5.36. The smallest absolute Gasteiger partial charge is 0.235 e. The Balaban J connectivity index is 0.000000106. The van der Waals surface area contributed by atoms with Gasteiger partial charge in [0.15, 0.2) is 11.6 Å². The van der Waals surface area contributed by atoms with E-state index < -0.39 is 0 Å². The molecule has 0 fully saturated rings. The van der Waals surface area contributed by atoms with Crippen molar-refractivity contribution in [1.82, 2.24) is 43.6 Å². The van der Waals surface area contributed by atoms with E-state index in [1.165, 1.54) is 126 Å². The lowest BCUT2D eigenvalue weighted by Gasteiger charge is -2.22. The summed E-state index contributed by atoms with van der Waals surface area (Å²) in [5.74, 6) is 2.13. The second kappa shape index (κ2) is 32.3. The average molecular weight is 1740 g/mol. The Morgan fingerprint density at radius 1 is 0.191 bits per heavy atom. The topological polar surface area (TPSA) is 92.1 Å². The van der Waals surface area contributed by atoms with Crippen LogP contribution in [0.4, 0.5) is 0 Å². The Morgan fingerprint density at radius 2 is 0.581 bits per heavy atom. The first-order chi connectivity index (χ1) is 67.2. The number of para-hydroxylation sites is 7. The van der Waals surface area contributed by atoms with Gasteiger partial charge in [0.1, 0.15) is 0 Å². The van der Waals surface area contributed by atoms with Crippen molar-refractivity contribution >= 4 is 141 Å². The zero-order valence-corrected chi connectivity index (χ0v) is 74.5. The number of aromatic nitrogens is 9. The van der Waals surface area contributed by atoms with Crippen LogP contribution in [0, 0.1) is 0 Å². The molecule has 0 bridgehead atoms. The van der Waals surface area contributed by atoms with Gasteiger partial charge in [0.2, 0.25) is 5.95 Å². The quantitative estimate of drug-likeness (QED) is 0.127. The second-order valence-corrected chi connectivity index (χ2v) is 35.8. The number of fused-ring (bicyclic) bond motifs is 24. The van der Waals surface area contributed by atoms with Crippen LogP contribution < -0.4 is 0 Å². The highest BCUT2D eigenvalue weighted by Crippen LogP contribution is 2.52. The lowest BCUT2D eigenvalue weighted by molar-refractivity contribution is 0.660. The predicted molar refractivity (Wildman–Crippen MR) is 567 cm³/mol. The van der Waals surface area contributed by atoms with Gasteiger partial charge in [-0.15, -0.1) is 0 Å². The maximum Gasteiger partial charge on any atom is 0.235 e. The standard InChI is InChI=1S/C45H31N3.C42H27N3.C40H25N3/c1-45(2)37-18-10-8-16-33(37)34-23-20-29(27-38(34)45)43-35-17-9-11-19-39(35)46-44(47-43)30-22-24-40-36(26-30)42-32-15-7-6-12-28(32)21-25-41(42)48(40)31-13-4-3-5-14-31;1-3-13-28(14-4-1)29-23-25-30(26-24-29)41-34-19-9-11-21-37(34)43-42(44-41)36-27-39-40(33-18-8-7-17-32(33)36)35-20-10-12-22-38(35)45(39)31-15-5-2-6-16-31;1-2-12-26(13-3-1)27-22-24-28(25-23-27)38-33-18-8-10-20-35(33)41-40(42-38)43-36-21-11-9-19-34(36)37-31-16-6-4-14-29(31)30-15-5-7-17-32(30)39(37)43/h3-27H,1-2H3;1-27H;1-25H. The molecule has 6 aromatic heterocycles. The van der Waals surface area contributed by atoms with Crippen molar-refractivity contribution in [2.24, 2.45) is 0 Å². The molecule has 636 valence electrons. The molecule has 0 unspecified atom stereocenters. The highest BCUT2D eigenvalue weighted by atomic mass is 15.2. The van der Waals surface area contributed by atoms with E-state index in [1.54, 1.807) is 0 Å². The van der Waals surface area contributed by atoms with Crippen LogP contribution in [0.3, 0.4) is 0 Å². The SMILES string of the molecule is CC1(C)c2ccccc2-c2ccc(-c3nc(-c4ccc5c(c4)c4c6ccccc6ccc4n5-c4ccccc4)nc4ccccc34)cc21.c1ccc(-c2ccc(-c3nc(-c4cc5c(c6ccccc46)c4ccccc4n5-c4ccccc4)nc4ccccc34)cc2)cc1.c1ccc(-c2ccc(-c3nc(-n4c5ccccc5c5c6ccccc6c6ccccc6c54)nc4ccccc34)cc2)cc1. The minimum atomic E-state index is -0.0889. The molecular weight excluding hydrogens is 1650 g/mol. The van der Waals surface area contributed by atoms with Crippen molar-refractivity contribution in [3.05, 3.63) is 478 Å². The summed E-state index contributed by atoms with van der Waals surface area (Å²) in [5.41, 5.74) is 30.1. The number of benzene rings is 21. The first kappa shape index (κ1) is 79.1. The Labute approximate surface area is 784 Å². The van der Waals surface area contributed by atoms with Gasteiger partial charge < -0.3 is 9.13 Å². The molecule has 0 amide bonds. The van der Waals surface area contributed by atoms with Gasteiger partial charge in [0, 0.05) is 98.5 Å². The van der Waals surface area contributed by atoms with E-state index in [4.69, 9.17) is 29.9 Å². The summed E-state index contributed by atoms with van der Waals surface area (Å²) >= 11 is 0. The summed E-state index contributed by atoms with van der Waals surface area (Å²) in [6.45, 7) is 4.66. The van der Waals surface area contributed by atoms with Gasteiger partial charge in [-0.3, -0.25) is 4.57 Å². The highest BCUT2D eigenvalue weighted by Gasteiger charge is 2.36. The minimum absolute atomic E-state index is 0.0889. The molecule has 136 heavy (non-hydrogen) atoms. The van der Waals surface area contributed by atoms with Gasteiger partial charge in [-0.25, -0.2) is 29.9 Å². The van der Waals surface area contributed by atoms with Gasteiger partial charge in [-0.05, 0) is 173 Å². The monoisotopic (exact) mass is 1730 g/mol. The molecule has 27 aromatic rings. The van der Waals surface area contributed by atoms with Crippen molar-refractivity contribution in [2.45, 2.75) is 19.3 Å². The fourth-order valence-electron chi connectivity index (χ4n) is 21.5. The van der Waals surface area contributed by atoms with E-state index in [0.29, 0.717) is 5.95 Å². The van der Waals surface area contributed by atoms with E-state index in [0.717, 1.165) is 128 Å². The molecule has 0 saturated heterocycles. The fraction of sp³-hybridized carbons (Fsp3) is 0.0236. The van der Waals surface area contributed by atoms with Crippen LogP contribution in [-0.2, 0) is 5.41 Å². The van der Waals surface area contributed by atoms with Crippen molar-refractivity contribution in [2.75, 3.05) is 0 Å². The molecule has 21 aromatic carbocycles. The average Bonchev–Trinajstić information content (AvgIpc) is 1.56. The third-order valence-electron chi connectivity index (χ3n) is 27.8. The summed E-state index contributed by atoms with van der Waals surface area (Å²) in [7, 11) is 0. The van der Waals surface area contributed by atoms with Gasteiger partial charge in [-0.1, -0.05) is 390 Å². The molecule has 0 saturated carbocycles. The first-order valence-corrected chi connectivity index (χ1v) is 46.5. The van der Waals surface area contributed by atoms with Crippen LogP contribution in [-0.4, -0.2) is 43.6 Å². The zero-order chi connectivity index (χ0) is 90.1. The van der Waals surface area contributed by atoms with E-state index in [9.17, 15) is 0 Å². The molecule has 0 atom stereocenters. The number of rotatable bonds is 10. The van der Waals surface area contributed by atoms with Crippen LogP contribution >= 0.6 is 0 Å². The van der Waals surface area contributed by atoms with Gasteiger partial charge in [-0.2, -0.15) is 0 Å². The molecule has 0 spiro atoms. The van der Waals surface area contributed by atoms with E-state index >= 15 is 0 Å². The van der Waals surface area contributed by atoms with E-state index in [1.807, 2.05) is 12.1 Å². The van der Waals surface area contributed by atoms with Crippen LogP contribution in [0.5, 0.6) is 0 Å². The Kier molecular flexibility index (Phi) is 18.8. The lowest BCUT2D eigenvalue weighted by Crippen LogP contribution is -2.14. The van der Waals surface area contributed by atoms with Crippen molar-refractivity contribution < 1.29 is 0 Å². The summed E-state index contributed by atoms with van der Waals surface area (Å²) in [6, 6.07) is 166. The predicted octanol–water partition coefficient (Wildman–Crippen LogP) is 32.8. The number of nitrogens with zero attached hydrogens (tertiary/aromatic N) is 9. The minimum Gasteiger partial charge on any atom is -0.309 e. The van der Waals surface area contributed by atoms with Crippen molar-refractivity contribution in [3.63, 3.8) is 0 Å². The Hall–Kier alpha value is -17.9. The lowest BCUT2D eigenvalue weighted by atomic mass is 9.82. The molecule has 0 aliphatic heterocycles. The maximum atomic E-state index is 5.36. The van der Waals surface area contributed by atoms with Crippen molar-refractivity contribution in [3.8, 4) is 107 Å². The molecular formula is C127H83N9. The number of hydrogen-bond donors (Lipinski definition) is 0. The van der Waals surface area contributed by atoms with E-state index in [2.05, 4.69) is 483 Å². The molecule has 0 N–H and O–H groups in total. The van der Waals surface area contributed by atoms with Gasteiger partial charge in [0.05, 0.1) is 66.7 Å². The van der Waals surface area contributed by atoms with Gasteiger partial charge >= 0.3 is 0 Å². The van der Waals surface area contributed by atoms with Crippen LogP contribution in [0.1, 0.15) is 25.0 Å². The zero-order valence-electron chi connectivity index (χ0n) is 74.5.